The molecule has 0 atom stereocenters. The third-order valence-corrected chi connectivity index (χ3v) is 0.975. The van der Waals surface area contributed by atoms with Crippen molar-refractivity contribution in [2.24, 2.45) is 0 Å². The number of rotatable bonds is 1. The van der Waals surface area contributed by atoms with Gasteiger partial charge in [0.2, 0.25) is 0 Å². The van der Waals surface area contributed by atoms with Gasteiger partial charge in [0.25, 0.3) is 0 Å². The summed E-state index contributed by atoms with van der Waals surface area (Å²) in [6, 6.07) is 0.542. The Balaban J connectivity index is 2.76. The topological polar surface area (TPSA) is 38.1 Å². The SMILES string of the molecule is INc1ncco1. The molecule has 1 aromatic heterocycles. The maximum absolute atomic E-state index is 4.75. The number of nitrogens with zero attached hydrogens (tertiary/aromatic N) is 1. The second-order valence-corrected chi connectivity index (χ2v) is 1.47. The molecule has 0 fully saturated rings. The summed E-state index contributed by atoms with van der Waals surface area (Å²) in [5.41, 5.74) is 0. The van der Waals surface area contributed by atoms with Gasteiger partial charge in [-0.2, -0.15) is 0 Å². The number of aromatic nitrogens is 1. The minimum Gasteiger partial charge on any atom is -0.432 e. The van der Waals surface area contributed by atoms with Crippen LogP contribution >= 0.6 is 22.9 Å². The van der Waals surface area contributed by atoms with Crippen LogP contribution in [-0.4, -0.2) is 4.98 Å². The maximum Gasteiger partial charge on any atom is 0.303 e. The smallest absolute Gasteiger partial charge is 0.303 e. The average Bonchev–Trinajstić information content (AvgIpc) is 2.14. The van der Waals surface area contributed by atoms with Crippen LogP contribution in [0.15, 0.2) is 16.9 Å². The van der Waals surface area contributed by atoms with E-state index in [1.807, 2.05) is 22.9 Å². The van der Waals surface area contributed by atoms with Gasteiger partial charge in [0, 0.05) is 0 Å². The molecule has 4 heteroatoms. The van der Waals surface area contributed by atoms with Crippen molar-refractivity contribution in [2.45, 2.75) is 0 Å². The number of hydrogen-bond acceptors (Lipinski definition) is 3. The monoisotopic (exact) mass is 210 g/mol. The van der Waals surface area contributed by atoms with E-state index >= 15 is 0 Å². The molecule has 0 aliphatic heterocycles. The number of oxazole rings is 1. The van der Waals surface area contributed by atoms with Crippen LogP contribution in [0, 0.1) is 0 Å². The van der Waals surface area contributed by atoms with Crippen LogP contribution in [0.3, 0.4) is 0 Å². The van der Waals surface area contributed by atoms with Gasteiger partial charge in [0.1, 0.15) is 6.26 Å². The molecule has 3 nitrogen and oxygen atoms in total. The molecule has 0 unspecified atom stereocenters. The van der Waals surface area contributed by atoms with Crippen molar-refractivity contribution >= 4 is 28.9 Å². The quantitative estimate of drug-likeness (QED) is 0.562. The van der Waals surface area contributed by atoms with Crippen LogP contribution in [0.2, 0.25) is 0 Å². The summed E-state index contributed by atoms with van der Waals surface area (Å²) in [7, 11) is 0. The fourth-order valence-electron chi connectivity index (χ4n) is 0.270. The minimum absolute atomic E-state index is 0.542. The molecule has 0 aliphatic carbocycles. The highest BCUT2D eigenvalue weighted by atomic mass is 127. The van der Waals surface area contributed by atoms with Crippen LogP contribution in [0.4, 0.5) is 6.01 Å². The molecule has 0 radical (unpaired) electrons. The zero-order chi connectivity index (χ0) is 5.11. The van der Waals surface area contributed by atoms with Gasteiger partial charge in [0.05, 0.1) is 29.1 Å². The largest absolute Gasteiger partial charge is 0.432 e. The van der Waals surface area contributed by atoms with Crippen LogP contribution in [-0.2, 0) is 0 Å². The Labute approximate surface area is 54.6 Å². The Morgan fingerprint density at radius 3 is 3.00 bits per heavy atom. The average molecular weight is 210 g/mol. The summed E-state index contributed by atoms with van der Waals surface area (Å²) in [6.07, 6.45) is 3.10. The van der Waals surface area contributed by atoms with Gasteiger partial charge in [-0.1, -0.05) is 0 Å². The standard InChI is InChI=1S/C3H3IN2O/c4-6-3-5-1-2-7-3/h1-2H,(H,5,6). The van der Waals surface area contributed by atoms with E-state index in [0.29, 0.717) is 6.01 Å². The lowest BCUT2D eigenvalue weighted by atomic mass is 11.0. The number of halogens is 1. The summed E-state index contributed by atoms with van der Waals surface area (Å²) in [4.78, 5) is 3.75. The highest BCUT2D eigenvalue weighted by Gasteiger charge is 1.86. The molecule has 0 saturated heterocycles. The van der Waals surface area contributed by atoms with Crippen LogP contribution < -0.4 is 3.53 Å². The zero-order valence-corrected chi connectivity index (χ0v) is 5.55. The van der Waals surface area contributed by atoms with Gasteiger partial charge in [-0.25, -0.2) is 4.98 Å². The van der Waals surface area contributed by atoms with Crippen LogP contribution in [0.1, 0.15) is 0 Å². The van der Waals surface area contributed by atoms with Crippen molar-refractivity contribution in [3.8, 4) is 0 Å². The van der Waals surface area contributed by atoms with Crippen LogP contribution in [0.5, 0.6) is 0 Å². The van der Waals surface area contributed by atoms with Crippen molar-refractivity contribution in [2.75, 3.05) is 3.53 Å². The summed E-state index contributed by atoms with van der Waals surface area (Å²) in [5, 5.41) is 0. The van der Waals surface area contributed by atoms with E-state index in [-0.39, 0.29) is 0 Å². The Kier molecular flexibility index (Phi) is 1.50. The van der Waals surface area contributed by atoms with E-state index < -0.39 is 0 Å². The van der Waals surface area contributed by atoms with Gasteiger partial charge in [0.15, 0.2) is 0 Å². The first kappa shape index (κ1) is 4.89. The Morgan fingerprint density at radius 2 is 2.71 bits per heavy atom. The van der Waals surface area contributed by atoms with Crippen molar-refractivity contribution < 1.29 is 4.42 Å². The molecule has 0 aromatic carbocycles. The van der Waals surface area contributed by atoms with Gasteiger partial charge in [-0.3, -0.25) is 3.53 Å². The molecule has 1 aromatic rings. The van der Waals surface area contributed by atoms with E-state index in [1.54, 1.807) is 6.20 Å². The highest BCUT2D eigenvalue weighted by molar-refractivity contribution is 14.1. The third kappa shape index (κ3) is 1.05. The van der Waals surface area contributed by atoms with Crippen molar-refractivity contribution in [3.05, 3.63) is 12.5 Å². The first-order valence-electron chi connectivity index (χ1n) is 1.69. The van der Waals surface area contributed by atoms with E-state index in [0.717, 1.165) is 0 Å². The number of hydrogen-bond donors (Lipinski definition) is 1. The normalized spacial score (nSPS) is 8.71. The molecule has 1 heterocycles. The van der Waals surface area contributed by atoms with E-state index in [2.05, 4.69) is 8.51 Å². The fraction of sp³-hybridized carbons (Fsp3) is 0. The molecule has 1 rings (SSSR count). The van der Waals surface area contributed by atoms with Crippen LogP contribution in [0.25, 0.3) is 0 Å². The summed E-state index contributed by atoms with van der Waals surface area (Å²) in [5.74, 6) is 0. The number of anilines is 1. The van der Waals surface area contributed by atoms with Gasteiger partial charge in [-0.15, -0.1) is 0 Å². The molecule has 0 amide bonds. The number of nitrogens with one attached hydrogen (secondary N) is 1. The molecule has 1 N–H and O–H groups in total. The lowest BCUT2D eigenvalue weighted by Crippen LogP contribution is -1.73. The summed E-state index contributed by atoms with van der Waals surface area (Å²) in [6.45, 7) is 0. The molecule has 0 bridgehead atoms. The second-order valence-electron chi connectivity index (χ2n) is 0.932. The predicted molar refractivity (Wildman–Crippen MR) is 34.1 cm³/mol. The minimum atomic E-state index is 0.542. The molecular weight excluding hydrogens is 207 g/mol. The fourth-order valence-corrected chi connectivity index (χ4v) is 0.537. The third-order valence-electron chi connectivity index (χ3n) is 0.513. The van der Waals surface area contributed by atoms with E-state index in [1.165, 1.54) is 6.26 Å². The predicted octanol–water partition coefficient (Wildman–Crippen LogP) is 1.44. The van der Waals surface area contributed by atoms with E-state index in [4.69, 9.17) is 4.42 Å². The second kappa shape index (κ2) is 2.15. The lowest BCUT2D eigenvalue weighted by molar-refractivity contribution is 0.582. The van der Waals surface area contributed by atoms with Crippen molar-refractivity contribution in [3.63, 3.8) is 0 Å². The molecule has 0 spiro atoms. The molecule has 0 aliphatic rings. The van der Waals surface area contributed by atoms with Crippen molar-refractivity contribution in [1.29, 1.82) is 0 Å². The first-order chi connectivity index (χ1) is 3.43. The van der Waals surface area contributed by atoms with E-state index in [9.17, 15) is 0 Å². The summed E-state index contributed by atoms with van der Waals surface area (Å²) < 4.78 is 7.45. The van der Waals surface area contributed by atoms with Crippen molar-refractivity contribution in [1.82, 2.24) is 4.98 Å². The first-order valence-corrected chi connectivity index (χ1v) is 2.77. The van der Waals surface area contributed by atoms with Gasteiger partial charge in [-0.05, 0) is 0 Å². The molecule has 7 heavy (non-hydrogen) atoms. The Hall–Kier alpha value is -0.260. The maximum atomic E-state index is 4.75. The zero-order valence-electron chi connectivity index (χ0n) is 3.39. The Bertz CT molecular complexity index is 127. The molecular formula is C3H3IN2O. The molecule has 0 saturated carbocycles. The van der Waals surface area contributed by atoms with Gasteiger partial charge >= 0.3 is 6.01 Å². The van der Waals surface area contributed by atoms with Gasteiger partial charge < -0.3 is 4.42 Å². The summed E-state index contributed by atoms with van der Waals surface area (Å²) >= 11 is 1.94. The molecule has 38 valence electrons. The lowest BCUT2D eigenvalue weighted by Gasteiger charge is -1.80. The Morgan fingerprint density at radius 1 is 1.86 bits per heavy atom. The highest BCUT2D eigenvalue weighted by Crippen LogP contribution is 2.01.